The van der Waals surface area contributed by atoms with Crippen LogP contribution in [-0.4, -0.2) is 56.7 Å². The van der Waals surface area contributed by atoms with Gasteiger partial charge in [0.2, 0.25) is 5.95 Å². The number of hydrogen-bond donors (Lipinski definition) is 0. The molecule has 0 saturated carbocycles. The van der Waals surface area contributed by atoms with Crippen molar-refractivity contribution >= 4 is 28.2 Å². The Labute approximate surface area is 237 Å². The van der Waals surface area contributed by atoms with Crippen molar-refractivity contribution < 1.29 is 13.9 Å². The Balaban J connectivity index is 1.26. The molecule has 0 radical (unpaired) electrons. The lowest BCUT2D eigenvalue weighted by molar-refractivity contribution is 0.0264. The Hall–Kier alpha value is -3.27. The van der Waals surface area contributed by atoms with Gasteiger partial charge in [-0.25, -0.2) is 4.98 Å². The standard InChI is InChI=1S/C30H32ClFN6O2/c1-18-13-37-17-33-28(32)25(37)14-38(18)29-22-16-39-26(21-9-3-6-19-7-4-10-23(31)27(19)21)12-24(22)34-30(35-29)40-15-20-8-5-11-36(20)2/h3-4,6-7,9-10,17-18,20,26H,5,8,11-16H2,1-2H3/t18-,20+,26+/m1/s1. The lowest BCUT2D eigenvalue weighted by Gasteiger charge is -2.38. The van der Waals surface area contributed by atoms with E-state index in [0.717, 1.165) is 52.8 Å². The Morgan fingerprint density at radius 3 is 2.85 bits per heavy atom. The zero-order valence-corrected chi connectivity index (χ0v) is 23.4. The van der Waals surface area contributed by atoms with E-state index in [1.807, 2.05) is 22.8 Å². The van der Waals surface area contributed by atoms with E-state index in [4.69, 9.17) is 31.0 Å². The number of benzene rings is 2. The van der Waals surface area contributed by atoms with Crippen LogP contribution in [0.3, 0.4) is 0 Å². The number of halogens is 2. The second kappa shape index (κ2) is 10.3. The molecule has 0 unspecified atom stereocenters. The van der Waals surface area contributed by atoms with Crippen LogP contribution >= 0.6 is 11.6 Å². The quantitative estimate of drug-likeness (QED) is 0.326. The molecular formula is C30H32ClFN6O2. The third-order valence-electron chi connectivity index (χ3n) is 8.65. The fourth-order valence-electron chi connectivity index (χ4n) is 6.36. The predicted molar refractivity (Wildman–Crippen MR) is 151 cm³/mol. The van der Waals surface area contributed by atoms with Crippen LogP contribution < -0.4 is 9.64 Å². The minimum atomic E-state index is -0.440. The average Bonchev–Trinajstić information content (AvgIpc) is 3.54. The van der Waals surface area contributed by atoms with Gasteiger partial charge in [-0.3, -0.25) is 0 Å². The first-order valence-electron chi connectivity index (χ1n) is 13.9. The number of rotatable bonds is 5. The number of aromatic nitrogens is 4. The molecule has 4 aromatic rings. The van der Waals surface area contributed by atoms with E-state index < -0.39 is 5.95 Å². The molecule has 3 atom stereocenters. The molecule has 7 rings (SSSR count). The van der Waals surface area contributed by atoms with Gasteiger partial charge >= 0.3 is 6.01 Å². The summed E-state index contributed by atoms with van der Waals surface area (Å²) in [6, 6.07) is 12.9. The molecule has 8 nitrogen and oxygen atoms in total. The number of nitrogens with zero attached hydrogens (tertiary/aromatic N) is 6. The second-order valence-corrected chi connectivity index (χ2v) is 11.6. The zero-order chi connectivity index (χ0) is 27.4. The SMILES string of the molecule is C[C@@H]1Cn2cnc(F)c2CN1c1nc(OC[C@@H]2CCCN2C)nc2c1CO[C@H](c1cccc3cccc(Cl)c13)C2. The van der Waals surface area contributed by atoms with E-state index in [-0.39, 0.29) is 12.1 Å². The highest BCUT2D eigenvalue weighted by Crippen LogP contribution is 2.40. The summed E-state index contributed by atoms with van der Waals surface area (Å²) in [5.74, 6) is 0.304. The van der Waals surface area contributed by atoms with Crippen molar-refractivity contribution in [3.63, 3.8) is 0 Å². The van der Waals surface area contributed by atoms with Crippen LogP contribution in [-0.2, 0) is 30.9 Å². The summed E-state index contributed by atoms with van der Waals surface area (Å²) in [5.41, 5.74) is 3.42. The third-order valence-corrected chi connectivity index (χ3v) is 8.96. The maximum atomic E-state index is 14.5. The summed E-state index contributed by atoms with van der Waals surface area (Å²) in [6.07, 6.45) is 4.18. The monoisotopic (exact) mass is 562 g/mol. The van der Waals surface area contributed by atoms with Gasteiger partial charge in [0.1, 0.15) is 12.4 Å². The lowest BCUT2D eigenvalue weighted by Crippen LogP contribution is -2.42. The molecule has 2 aromatic carbocycles. The molecule has 0 amide bonds. The molecule has 3 aliphatic heterocycles. The normalized spacial score (nSPS) is 22.9. The lowest BCUT2D eigenvalue weighted by atomic mass is 9.94. The second-order valence-electron chi connectivity index (χ2n) is 11.1. The van der Waals surface area contributed by atoms with Gasteiger partial charge in [0, 0.05) is 41.0 Å². The summed E-state index contributed by atoms with van der Waals surface area (Å²) in [7, 11) is 2.13. The van der Waals surface area contributed by atoms with Crippen molar-refractivity contribution in [1.82, 2.24) is 24.4 Å². The number of likely N-dealkylation sites (N-methyl/N-ethyl adjacent to an activating group) is 1. The molecule has 1 saturated heterocycles. The van der Waals surface area contributed by atoms with Gasteiger partial charge in [-0.15, -0.1) is 0 Å². The fourth-order valence-corrected chi connectivity index (χ4v) is 6.66. The van der Waals surface area contributed by atoms with Crippen molar-refractivity contribution in [2.75, 3.05) is 25.1 Å². The number of likely N-dealkylation sites (tertiary alicyclic amines) is 1. The maximum absolute atomic E-state index is 14.5. The topological polar surface area (TPSA) is 68.5 Å². The van der Waals surface area contributed by atoms with E-state index >= 15 is 0 Å². The van der Waals surface area contributed by atoms with Crippen LogP contribution in [0.15, 0.2) is 42.7 Å². The Bertz CT molecular complexity index is 1570. The first kappa shape index (κ1) is 25.7. The van der Waals surface area contributed by atoms with Crippen LogP contribution in [0.25, 0.3) is 10.8 Å². The summed E-state index contributed by atoms with van der Waals surface area (Å²) in [5, 5.41) is 2.79. The number of anilines is 1. The highest BCUT2D eigenvalue weighted by Gasteiger charge is 2.34. The van der Waals surface area contributed by atoms with Gasteiger partial charge in [-0.2, -0.15) is 14.4 Å². The number of ether oxygens (including phenoxy) is 2. The molecule has 0 aliphatic carbocycles. The fraction of sp³-hybridized carbons (Fsp3) is 0.433. The molecule has 0 bridgehead atoms. The Kier molecular flexibility index (Phi) is 6.60. The first-order valence-corrected chi connectivity index (χ1v) is 14.3. The summed E-state index contributed by atoms with van der Waals surface area (Å²) < 4.78 is 29.2. The van der Waals surface area contributed by atoms with Crippen LogP contribution in [0, 0.1) is 5.95 Å². The highest BCUT2D eigenvalue weighted by atomic mass is 35.5. The Morgan fingerprint density at radius 2 is 2.02 bits per heavy atom. The van der Waals surface area contributed by atoms with Crippen LogP contribution in [0.1, 0.15) is 48.4 Å². The van der Waals surface area contributed by atoms with Gasteiger partial charge in [-0.1, -0.05) is 41.9 Å². The molecule has 2 aromatic heterocycles. The van der Waals surface area contributed by atoms with E-state index in [1.165, 1.54) is 0 Å². The molecule has 0 N–H and O–H groups in total. The number of imidazole rings is 1. The molecule has 3 aliphatic rings. The zero-order valence-electron chi connectivity index (χ0n) is 22.7. The minimum absolute atomic E-state index is 0.0727. The molecule has 1 fully saturated rings. The van der Waals surface area contributed by atoms with Crippen molar-refractivity contribution in [2.45, 2.75) is 64.1 Å². The molecule has 5 heterocycles. The van der Waals surface area contributed by atoms with E-state index in [1.54, 1.807) is 6.33 Å². The van der Waals surface area contributed by atoms with Crippen molar-refractivity contribution in [2.24, 2.45) is 0 Å². The van der Waals surface area contributed by atoms with Crippen molar-refractivity contribution in [1.29, 1.82) is 0 Å². The van der Waals surface area contributed by atoms with E-state index in [9.17, 15) is 4.39 Å². The van der Waals surface area contributed by atoms with Crippen molar-refractivity contribution in [3.8, 4) is 6.01 Å². The van der Waals surface area contributed by atoms with Crippen molar-refractivity contribution in [3.05, 3.63) is 76.2 Å². The molecule has 0 spiro atoms. The molecular weight excluding hydrogens is 531 g/mol. The average molecular weight is 563 g/mol. The summed E-state index contributed by atoms with van der Waals surface area (Å²) in [4.78, 5) is 18.2. The Morgan fingerprint density at radius 1 is 1.18 bits per heavy atom. The van der Waals surface area contributed by atoms with Gasteiger partial charge in [0.05, 0.1) is 37.0 Å². The van der Waals surface area contributed by atoms with Gasteiger partial charge in [0.25, 0.3) is 0 Å². The smallest absolute Gasteiger partial charge is 0.318 e. The highest BCUT2D eigenvalue weighted by molar-refractivity contribution is 6.35. The number of fused-ring (bicyclic) bond motifs is 3. The summed E-state index contributed by atoms with van der Waals surface area (Å²) in [6.45, 7) is 5.04. The largest absolute Gasteiger partial charge is 0.462 e. The van der Waals surface area contributed by atoms with Crippen LogP contribution in [0.2, 0.25) is 5.02 Å². The number of hydrogen-bond acceptors (Lipinski definition) is 7. The van der Waals surface area contributed by atoms with Crippen LogP contribution in [0.4, 0.5) is 10.2 Å². The predicted octanol–water partition coefficient (Wildman–Crippen LogP) is 5.31. The molecule has 40 heavy (non-hydrogen) atoms. The first-order chi connectivity index (χ1) is 19.5. The van der Waals surface area contributed by atoms with E-state index in [2.05, 4.69) is 47.0 Å². The third kappa shape index (κ3) is 4.50. The molecule has 10 heteroatoms. The van der Waals surface area contributed by atoms with Crippen LogP contribution in [0.5, 0.6) is 6.01 Å². The summed E-state index contributed by atoms with van der Waals surface area (Å²) >= 11 is 6.66. The maximum Gasteiger partial charge on any atom is 0.318 e. The minimum Gasteiger partial charge on any atom is -0.462 e. The molecule has 208 valence electrons. The van der Waals surface area contributed by atoms with E-state index in [0.29, 0.717) is 55.5 Å². The van der Waals surface area contributed by atoms with Gasteiger partial charge in [0.15, 0.2) is 0 Å². The van der Waals surface area contributed by atoms with Gasteiger partial charge in [-0.05, 0) is 50.4 Å². The van der Waals surface area contributed by atoms with Gasteiger partial charge < -0.3 is 23.8 Å².